The fourth-order valence-corrected chi connectivity index (χ4v) is 3.84. The summed E-state index contributed by atoms with van der Waals surface area (Å²) in [6, 6.07) is 15.4. The van der Waals surface area contributed by atoms with Crippen LogP contribution in [0.4, 0.5) is 10.2 Å². The van der Waals surface area contributed by atoms with Gasteiger partial charge in [0.05, 0.1) is 6.54 Å². The molecule has 0 saturated carbocycles. The van der Waals surface area contributed by atoms with Gasteiger partial charge in [-0.2, -0.15) is 5.10 Å². The summed E-state index contributed by atoms with van der Waals surface area (Å²) >= 11 is 6.27. The van der Waals surface area contributed by atoms with Crippen molar-refractivity contribution in [1.82, 2.24) is 9.78 Å². The molecule has 6 nitrogen and oxygen atoms in total. The highest BCUT2D eigenvalue weighted by Crippen LogP contribution is 2.32. The van der Waals surface area contributed by atoms with E-state index in [2.05, 4.69) is 24.3 Å². The summed E-state index contributed by atoms with van der Waals surface area (Å²) in [4.78, 5) is 12.7. The number of aromatic nitrogens is 2. The molecule has 0 spiro atoms. The van der Waals surface area contributed by atoms with E-state index in [4.69, 9.17) is 20.8 Å². The maximum atomic E-state index is 14.0. The number of amides is 1. The van der Waals surface area contributed by atoms with Crippen LogP contribution in [0.3, 0.4) is 0 Å². The van der Waals surface area contributed by atoms with Crippen LogP contribution in [-0.4, -0.2) is 15.7 Å². The summed E-state index contributed by atoms with van der Waals surface area (Å²) in [5.74, 6) is 1.25. The van der Waals surface area contributed by atoms with E-state index in [0.717, 1.165) is 22.6 Å². The van der Waals surface area contributed by atoms with E-state index in [1.165, 1.54) is 6.07 Å². The van der Waals surface area contributed by atoms with Gasteiger partial charge < -0.3 is 14.5 Å². The van der Waals surface area contributed by atoms with Crippen LogP contribution in [0.5, 0.6) is 5.75 Å². The smallest absolute Gasteiger partial charge is 0.292 e. The Bertz CT molecular complexity index is 1360. The van der Waals surface area contributed by atoms with Crippen molar-refractivity contribution in [2.45, 2.75) is 46.8 Å². The van der Waals surface area contributed by atoms with E-state index >= 15 is 0 Å². The summed E-state index contributed by atoms with van der Waals surface area (Å²) in [6.45, 7) is 8.35. The fourth-order valence-electron chi connectivity index (χ4n) is 3.67. The van der Waals surface area contributed by atoms with Gasteiger partial charge in [0.25, 0.3) is 5.91 Å². The number of furan rings is 1. The predicted octanol–water partition coefficient (Wildman–Crippen LogP) is 6.89. The molecule has 0 unspecified atom stereocenters. The average molecular weight is 496 g/mol. The second-order valence-corrected chi connectivity index (χ2v) is 9.13. The van der Waals surface area contributed by atoms with Crippen molar-refractivity contribution in [3.63, 3.8) is 0 Å². The molecule has 0 bridgehead atoms. The summed E-state index contributed by atoms with van der Waals surface area (Å²) in [7, 11) is 0. The van der Waals surface area contributed by atoms with Crippen molar-refractivity contribution in [2.24, 2.45) is 0 Å². The Morgan fingerprint density at radius 3 is 2.69 bits per heavy atom. The molecular weight excluding hydrogens is 469 g/mol. The first-order chi connectivity index (χ1) is 16.7. The number of nitrogens with zero attached hydrogens (tertiary/aromatic N) is 2. The number of anilines is 1. The van der Waals surface area contributed by atoms with Crippen LogP contribution in [0, 0.1) is 19.7 Å². The second kappa shape index (κ2) is 10.4. The predicted molar refractivity (Wildman–Crippen MR) is 134 cm³/mol. The van der Waals surface area contributed by atoms with Crippen molar-refractivity contribution >= 4 is 23.3 Å². The molecule has 0 radical (unpaired) electrons. The van der Waals surface area contributed by atoms with Gasteiger partial charge in [-0.05, 0) is 61.2 Å². The first kappa shape index (κ1) is 24.5. The van der Waals surface area contributed by atoms with Gasteiger partial charge in [-0.1, -0.05) is 43.6 Å². The molecule has 35 heavy (non-hydrogen) atoms. The molecule has 0 aliphatic rings. The minimum atomic E-state index is -0.433. The van der Waals surface area contributed by atoms with E-state index in [9.17, 15) is 9.18 Å². The summed E-state index contributed by atoms with van der Waals surface area (Å²) in [5.41, 5.74) is 3.24. The van der Waals surface area contributed by atoms with Crippen LogP contribution in [0.1, 0.15) is 58.5 Å². The first-order valence-corrected chi connectivity index (χ1v) is 11.7. The lowest BCUT2D eigenvalue weighted by molar-refractivity contribution is 0.0992. The minimum Gasteiger partial charge on any atom is -0.485 e. The molecule has 8 heteroatoms. The van der Waals surface area contributed by atoms with Crippen LogP contribution in [0.15, 0.2) is 59.0 Å². The van der Waals surface area contributed by atoms with Crippen molar-refractivity contribution in [3.05, 3.63) is 99.3 Å². The van der Waals surface area contributed by atoms with Crippen LogP contribution in [-0.2, 0) is 13.2 Å². The number of carbonyl (C=O) groups is 1. The number of benzene rings is 2. The molecule has 0 fully saturated rings. The summed E-state index contributed by atoms with van der Waals surface area (Å²) in [6.07, 6.45) is 0. The van der Waals surface area contributed by atoms with E-state index < -0.39 is 5.91 Å². The number of halogens is 2. The van der Waals surface area contributed by atoms with Crippen LogP contribution in [0.2, 0.25) is 5.02 Å². The first-order valence-electron chi connectivity index (χ1n) is 11.3. The molecule has 4 rings (SSSR count). The number of hydrogen-bond donors (Lipinski definition) is 1. The van der Waals surface area contributed by atoms with Crippen molar-refractivity contribution in [2.75, 3.05) is 5.32 Å². The van der Waals surface area contributed by atoms with Gasteiger partial charge in [-0.3, -0.25) is 9.48 Å². The minimum absolute atomic E-state index is 0.140. The number of carbonyl (C=O) groups excluding carboxylic acids is 1. The Morgan fingerprint density at radius 2 is 1.94 bits per heavy atom. The van der Waals surface area contributed by atoms with Gasteiger partial charge in [0, 0.05) is 22.3 Å². The van der Waals surface area contributed by atoms with Crippen molar-refractivity contribution in [3.8, 4) is 5.75 Å². The second-order valence-electron chi connectivity index (χ2n) is 8.72. The molecule has 0 aliphatic carbocycles. The maximum absolute atomic E-state index is 14.0. The standard InChI is InChI=1S/C27H27ClFN3O3/c1-16(2)21-13-22(28)17(3)11-25(21)34-15-20-9-10-24(35-20)27(33)30-26-12-18(4)32(31-26)14-19-7-5-6-8-23(19)29/h5-13,16H,14-15H2,1-4H3,(H,30,31,33). The van der Waals surface area contributed by atoms with E-state index in [1.807, 2.05) is 26.0 Å². The highest BCUT2D eigenvalue weighted by Gasteiger charge is 2.16. The van der Waals surface area contributed by atoms with E-state index in [-0.39, 0.29) is 30.6 Å². The summed E-state index contributed by atoms with van der Waals surface area (Å²) < 4.78 is 27.3. The quantitative estimate of drug-likeness (QED) is 0.289. The van der Waals surface area contributed by atoms with Crippen LogP contribution < -0.4 is 10.1 Å². The maximum Gasteiger partial charge on any atom is 0.292 e. The van der Waals surface area contributed by atoms with Crippen molar-refractivity contribution < 1.29 is 18.3 Å². The Kier molecular flexibility index (Phi) is 7.26. The topological polar surface area (TPSA) is 69.3 Å². The highest BCUT2D eigenvalue weighted by atomic mass is 35.5. The lowest BCUT2D eigenvalue weighted by atomic mass is 10.0. The molecule has 182 valence electrons. The average Bonchev–Trinajstić information content (AvgIpc) is 3.42. The largest absolute Gasteiger partial charge is 0.485 e. The van der Waals surface area contributed by atoms with Gasteiger partial charge in [-0.15, -0.1) is 0 Å². The Morgan fingerprint density at radius 1 is 1.17 bits per heavy atom. The zero-order valence-electron chi connectivity index (χ0n) is 20.1. The molecule has 2 heterocycles. The third-order valence-corrected chi connectivity index (χ3v) is 6.08. The number of aryl methyl sites for hydroxylation is 2. The lowest BCUT2D eigenvalue weighted by Gasteiger charge is -2.15. The van der Waals surface area contributed by atoms with E-state index in [0.29, 0.717) is 22.2 Å². The molecule has 0 aliphatic heterocycles. The van der Waals surface area contributed by atoms with Gasteiger partial charge in [0.1, 0.15) is 23.9 Å². The molecular formula is C27H27ClFN3O3. The summed E-state index contributed by atoms with van der Waals surface area (Å²) in [5, 5.41) is 7.81. The van der Waals surface area contributed by atoms with Crippen LogP contribution in [0.25, 0.3) is 0 Å². The van der Waals surface area contributed by atoms with Gasteiger partial charge >= 0.3 is 0 Å². The van der Waals surface area contributed by atoms with Crippen LogP contribution >= 0.6 is 11.6 Å². The number of ether oxygens (including phenoxy) is 1. The number of rotatable bonds is 8. The zero-order valence-corrected chi connectivity index (χ0v) is 20.8. The van der Waals surface area contributed by atoms with Crippen molar-refractivity contribution in [1.29, 1.82) is 0 Å². The molecule has 1 amide bonds. The Hall–Kier alpha value is -3.58. The Labute approximate surface area is 208 Å². The van der Waals surface area contributed by atoms with Gasteiger partial charge in [-0.25, -0.2) is 4.39 Å². The fraction of sp³-hybridized carbons (Fsp3) is 0.259. The lowest BCUT2D eigenvalue weighted by Crippen LogP contribution is -2.12. The normalized spacial score (nSPS) is 11.2. The Balaban J connectivity index is 1.41. The van der Waals surface area contributed by atoms with Gasteiger partial charge in [0.2, 0.25) is 0 Å². The molecule has 4 aromatic rings. The monoisotopic (exact) mass is 495 g/mol. The van der Waals surface area contributed by atoms with Gasteiger partial charge in [0.15, 0.2) is 11.6 Å². The molecule has 1 N–H and O–H groups in total. The molecule has 2 aromatic carbocycles. The van der Waals surface area contributed by atoms with E-state index in [1.54, 1.807) is 41.1 Å². The molecule has 2 aromatic heterocycles. The number of hydrogen-bond acceptors (Lipinski definition) is 4. The number of nitrogens with one attached hydrogen (secondary N) is 1. The third kappa shape index (κ3) is 5.74. The molecule has 0 saturated heterocycles. The SMILES string of the molecule is Cc1cc(OCc2ccc(C(=O)Nc3cc(C)n(Cc4ccccc4F)n3)o2)c(C(C)C)cc1Cl. The zero-order chi connectivity index (χ0) is 25.1. The third-order valence-electron chi connectivity index (χ3n) is 5.67. The molecule has 0 atom stereocenters. The highest BCUT2D eigenvalue weighted by molar-refractivity contribution is 6.31.